The highest BCUT2D eigenvalue weighted by atomic mass is 19.3. The molecule has 14 heavy (non-hydrogen) atoms. The number of carbonyl (C=O) groups is 2. The molecule has 0 aliphatic heterocycles. The first-order valence-electron chi connectivity index (χ1n) is 3.77. The highest BCUT2D eigenvalue weighted by molar-refractivity contribution is 5.94. The Bertz CT molecular complexity index is 228. The average Bonchev–Trinajstić information content (AvgIpc) is 1.77. The fraction of sp³-hybridized carbons (Fsp3) is 0.714. The molecule has 0 radical (unpaired) electrons. The standard InChI is InChI=1S/C7H11F2NO4/c1-3(10)2-7(8,9)4(5(11)12)6(13)14/h3-4H,2,10H2,1H3,(H,11,12)(H,13,14). The van der Waals surface area contributed by atoms with E-state index in [2.05, 4.69) is 0 Å². The number of halogens is 2. The van der Waals surface area contributed by atoms with E-state index in [1.165, 1.54) is 6.92 Å². The number of hydrogen-bond donors (Lipinski definition) is 3. The Kier molecular flexibility index (Phi) is 3.93. The lowest BCUT2D eigenvalue weighted by molar-refractivity contribution is -0.173. The van der Waals surface area contributed by atoms with Crippen LogP contribution < -0.4 is 5.73 Å². The van der Waals surface area contributed by atoms with Crippen LogP contribution in [-0.4, -0.2) is 34.1 Å². The van der Waals surface area contributed by atoms with Gasteiger partial charge in [-0.2, -0.15) is 0 Å². The first-order chi connectivity index (χ1) is 6.18. The van der Waals surface area contributed by atoms with Crippen LogP contribution in [0.3, 0.4) is 0 Å². The summed E-state index contributed by atoms with van der Waals surface area (Å²) in [5.74, 6) is -10.7. The van der Waals surface area contributed by atoms with Gasteiger partial charge >= 0.3 is 11.9 Å². The van der Waals surface area contributed by atoms with Gasteiger partial charge in [-0.15, -0.1) is 0 Å². The lowest BCUT2D eigenvalue weighted by atomic mass is 9.96. The van der Waals surface area contributed by atoms with Gasteiger partial charge in [0.05, 0.1) is 0 Å². The molecule has 0 saturated heterocycles. The third-order valence-corrected chi connectivity index (χ3v) is 1.51. The first-order valence-corrected chi connectivity index (χ1v) is 3.77. The Morgan fingerprint density at radius 3 is 1.93 bits per heavy atom. The highest BCUT2D eigenvalue weighted by Crippen LogP contribution is 2.29. The van der Waals surface area contributed by atoms with Gasteiger partial charge in [0.25, 0.3) is 5.92 Å². The molecule has 5 nitrogen and oxygen atoms in total. The summed E-state index contributed by atoms with van der Waals surface area (Å²) in [5, 5.41) is 16.6. The molecule has 4 N–H and O–H groups in total. The van der Waals surface area contributed by atoms with Gasteiger partial charge < -0.3 is 15.9 Å². The van der Waals surface area contributed by atoms with E-state index in [4.69, 9.17) is 15.9 Å². The third kappa shape index (κ3) is 3.25. The second-order valence-corrected chi connectivity index (χ2v) is 3.05. The molecule has 0 rings (SSSR count). The Morgan fingerprint density at radius 2 is 1.71 bits per heavy atom. The number of carboxylic acids is 2. The molecule has 0 aromatic heterocycles. The number of rotatable bonds is 5. The van der Waals surface area contributed by atoms with Crippen LogP contribution in [0.4, 0.5) is 8.78 Å². The third-order valence-electron chi connectivity index (χ3n) is 1.51. The molecule has 0 fully saturated rings. The average molecular weight is 211 g/mol. The van der Waals surface area contributed by atoms with E-state index in [0.29, 0.717) is 0 Å². The smallest absolute Gasteiger partial charge is 0.324 e. The lowest BCUT2D eigenvalue weighted by Crippen LogP contribution is -2.43. The molecule has 0 aliphatic rings. The van der Waals surface area contributed by atoms with E-state index >= 15 is 0 Å². The fourth-order valence-electron chi connectivity index (χ4n) is 1.01. The second-order valence-electron chi connectivity index (χ2n) is 3.05. The maximum Gasteiger partial charge on any atom is 0.324 e. The topological polar surface area (TPSA) is 101 Å². The molecule has 1 unspecified atom stereocenters. The van der Waals surface area contributed by atoms with Crippen molar-refractivity contribution in [3.05, 3.63) is 0 Å². The molecular formula is C7H11F2NO4. The van der Waals surface area contributed by atoms with Crippen molar-refractivity contribution < 1.29 is 28.6 Å². The number of aliphatic carboxylic acids is 2. The van der Waals surface area contributed by atoms with Gasteiger partial charge in [0.15, 0.2) is 0 Å². The van der Waals surface area contributed by atoms with Crippen molar-refractivity contribution in [3.8, 4) is 0 Å². The molecule has 0 amide bonds. The minimum Gasteiger partial charge on any atom is -0.480 e. The van der Waals surface area contributed by atoms with Crippen LogP contribution in [0, 0.1) is 5.92 Å². The van der Waals surface area contributed by atoms with Crippen LogP contribution in [-0.2, 0) is 9.59 Å². The van der Waals surface area contributed by atoms with Crippen molar-refractivity contribution in [3.63, 3.8) is 0 Å². The highest BCUT2D eigenvalue weighted by Gasteiger charge is 2.50. The minimum absolute atomic E-state index is 0.966. The largest absolute Gasteiger partial charge is 0.480 e. The molecular weight excluding hydrogens is 200 g/mol. The summed E-state index contributed by atoms with van der Waals surface area (Å²) < 4.78 is 26.0. The lowest BCUT2D eigenvalue weighted by Gasteiger charge is -2.21. The Balaban J connectivity index is 4.80. The van der Waals surface area contributed by atoms with Gasteiger partial charge in [-0.25, -0.2) is 8.78 Å². The number of nitrogens with two attached hydrogens (primary N) is 1. The summed E-state index contributed by atoms with van der Waals surface area (Å²) in [4.78, 5) is 20.5. The van der Waals surface area contributed by atoms with Crippen LogP contribution in [0.1, 0.15) is 13.3 Å². The van der Waals surface area contributed by atoms with Crippen molar-refractivity contribution in [2.24, 2.45) is 11.7 Å². The van der Waals surface area contributed by atoms with Gasteiger partial charge in [0.2, 0.25) is 5.92 Å². The molecule has 82 valence electrons. The molecule has 1 atom stereocenters. The van der Waals surface area contributed by atoms with Gasteiger partial charge in [-0.1, -0.05) is 0 Å². The predicted octanol–water partition coefficient (Wildman–Crippen LogP) is 0.144. The predicted molar refractivity (Wildman–Crippen MR) is 42.0 cm³/mol. The van der Waals surface area contributed by atoms with E-state index in [-0.39, 0.29) is 0 Å². The summed E-state index contributed by atoms with van der Waals surface area (Å²) in [6, 6.07) is -0.966. The van der Waals surface area contributed by atoms with E-state index in [1.807, 2.05) is 0 Å². The van der Waals surface area contributed by atoms with Crippen LogP contribution in [0.2, 0.25) is 0 Å². The fourth-order valence-corrected chi connectivity index (χ4v) is 1.01. The van der Waals surface area contributed by atoms with Crippen molar-refractivity contribution >= 4 is 11.9 Å². The van der Waals surface area contributed by atoms with Gasteiger partial charge in [-0.3, -0.25) is 9.59 Å². The normalized spacial score (nSPS) is 14.1. The molecule has 7 heteroatoms. The van der Waals surface area contributed by atoms with Crippen LogP contribution >= 0.6 is 0 Å². The Hall–Kier alpha value is -1.24. The molecule has 0 aliphatic carbocycles. The van der Waals surface area contributed by atoms with Crippen LogP contribution in [0.25, 0.3) is 0 Å². The van der Waals surface area contributed by atoms with Crippen molar-refractivity contribution in [1.82, 2.24) is 0 Å². The van der Waals surface area contributed by atoms with E-state index in [1.54, 1.807) is 0 Å². The molecule has 0 aromatic carbocycles. The van der Waals surface area contributed by atoms with Crippen molar-refractivity contribution in [2.75, 3.05) is 0 Å². The van der Waals surface area contributed by atoms with E-state index < -0.39 is 36.2 Å². The van der Waals surface area contributed by atoms with Crippen molar-refractivity contribution in [1.29, 1.82) is 0 Å². The van der Waals surface area contributed by atoms with Gasteiger partial charge in [0.1, 0.15) is 0 Å². The van der Waals surface area contributed by atoms with E-state index in [0.717, 1.165) is 0 Å². The number of carboxylic acid groups (broad SMARTS) is 2. The van der Waals surface area contributed by atoms with Crippen LogP contribution in [0.15, 0.2) is 0 Å². The maximum atomic E-state index is 13.0. The van der Waals surface area contributed by atoms with E-state index in [9.17, 15) is 18.4 Å². The van der Waals surface area contributed by atoms with Gasteiger partial charge in [-0.05, 0) is 6.92 Å². The molecule has 0 spiro atoms. The minimum atomic E-state index is -3.84. The zero-order valence-corrected chi connectivity index (χ0v) is 7.41. The summed E-state index contributed by atoms with van der Waals surface area (Å²) in [6.45, 7) is 1.24. The monoisotopic (exact) mass is 211 g/mol. The number of alkyl halides is 2. The maximum absolute atomic E-state index is 13.0. The second kappa shape index (κ2) is 4.32. The zero-order valence-electron chi connectivity index (χ0n) is 7.41. The summed E-state index contributed by atoms with van der Waals surface area (Å²) in [6.07, 6.45) is -0.976. The Morgan fingerprint density at radius 1 is 1.36 bits per heavy atom. The van der Waals surface area contributed by atoms with Crippen molar-refractivity contribution in [2.45, 2.75) is 25.3 Å². The quantitative estimate of drug-likeness (QED) is 0.562. The SMILES string of the molecule is CC(N)CC(F)(F)C(C(=O)O)C(=O)O. The Labute approximate surface area is 78.5 Å². The first kappa shape index (κ1) is 12.8. The number of hydrogen-bond acceptors (Lipinski definition) is 3. The molecule has 0 bridgehead atoms. The van der Waals surface area contributed by atoms with Gasteiger partial charge in [0, 0.05) is 12.5 Å². The summed E-state index contributed by atoms with van der Waals surface area (Å²) >= 11 is 0. The molecule has 0 aromatic rings. The molecule has 0 saturated carbocycles. The zero-order chi connectivity index (χ0) is 11.5. The van der Waals surface area contributed by atoms with Crippen LogP contribution in [0.5, 0.6) is 0 Å². The summed E-state index contributed by atoms with van der Waals surface area (Å²) in [7, 11) is 0. The summed E-state index contributed by atoms with van der Waals surface area (Å²) in [5.41, 5.74) is 5.05. The molecule has 0 heterocycles.